The third-order valence-corrected chi connectivity index (χ3v) is 4.70. The molecule has 0 aliphatic carbocycles. The summed E-state index contributed by atoms with van der Waals surface area (Å²) >= 11 is 13.2. The van der Waals surface area contributed by atoms with Crippen LogP contribution in [0.15, 0.2) is 29.6 Å². The van der Waals surface area contributed by atoms with Crippen molar-refractivity contribution < 1.29 is 14.4 Å². The molecule has 0 saturated heterocycles. The summed E-state index contributed by atoms with van der Waals surface area (Å²) in [6.45, 7) is -0.109. The van der Waals surface area contributed by atoms with Gasteiger partial charge in [-0.1, -0.05) is 29.3 Å². The van der Waals surface area contributed by atoms with Crippen LogP contribution in [-0.2, 0) is 9.59 Å². The summed E-state index contributed by atoms with van der Waals surface area (Å²) in [6.07, 6.45) is 0. The lowest BCUT2D eigenvalue weighted by atomic mass is 10.3. The summed E-state index contributed by atoms with van der Waals surface area (Å²) in [5, 5.41) is 7.90. The summed E-state index contributed by atoms with van der Waals surface area (Å²) in [5.41, 5.74) is 5.80. The predicted molar refractivity (Wildman–Crippen MR) is 104 cm³/mol. The maximum absolute atomic E-state index is 12.1. The molecule has 1 aromatic carbocycles. The summed E-state index contributed by atoms with van der Waals surface area (Å²) in [6, 6.07) is 6.42. The van der Waals surface area contributed by atoms with E-state index in [0.717, 1.165) is 0 Å². The minimum Gasteiger partial charge on any atom is -0.366 e. The molecule has 1 aromatic heterocycles. The molecule has 0 fully saturated rings. The van der Waals surface area contributed by atoms with Crippen LogP contribution >= 0.6 is 34.5 Å². The number of halogens is 2. The van der Waals surface area contributed by atoms with Gasteiger partial charge in [-0.05, 0) is 30.6 Å². The average molecular weight is 415 g/mol. The number of amides is 3. The Hall–Kier alpha value is -2.13. The van der Waals surface area contributed by atoms with Gasteiger partial charge in [0.2, 0.25) is 11.8 Å². The topological polar surface area (TPSA) is 105 Å². The Kier molecular flexibility index (Phi) is 6.98. The molecular formula is C16H16Cl2N4O3S. The van der Waals surface area contributed by atoms with E-state index in [9.17, 15) is 14.4 Å². The Labute approximate surface area is 164 Å². The molecular weight excluding hydrogens is 399 g/mol. The number of nitrogens with two attached hydrogens (primary N) is 1. The van der Waals surface area contributed by atoms with Crippen LogP contribution in [0.3, 0.4) is 0 Å². The highest BCUT2D eigenvalue weighted by Gasteiger charge is 2.16. The fourth-order valence-corrected chi connectivity index (χ4v) is 3.41. The van der Waals surface area contributed by atoms with Crippen LogP contribution in [0.4, 0.5) is 10.7 Å². The second kappa shape index (κ2) is 9.00. The molecule has 0 unspecified atom stereocenters. The lowest BCUT2D eigenvalue weighted by molar-refractivity contribution is -0.119. The molecule has 0 bridgehead atoms. The predicted octanol–water partition coefficient (Wildman–Crippen LogP) is 2.66. The number of rotatable bonds is 7. The molecule has 2 rings (SSSR count). The van der Waals surface area contributed by atoms with Crippen molar-refractivity contribution in [3.63, 3.8) is 0 Å². The number of nitrogens with one attached hydrogen (secondary N) is 2. The molecule has 0 aliphatic rings. The van der Waals surface area contributed by atoms with E-state index in [4.69, 9.17) is 28.9 Å². The van der Waals surface area contributed by atoms with Crippen LogP contribution in [0.2, 0.25) is 10.0 Å². The SMILES string of the molecule is CN(CC(=O)Nc1sccc1C(N)=O)CC(=O)Nc1c(Cl)cccc1Cl. The van der Waals surface area contributed by atoms with Crippen LogP contribution in [-0.4, -0.2) is 42.8 Å². The first-order chi connectivity index (χ1) is 12.3. The summed E-state index contributed by atoms with van der Waals surface area (Å²) in [7, 11) is 1.61. The van der Waals surface area contributed by atoms with Crippen molar-refractivity contribution in [3.8, 4) is 0 Å². The zero-order valence-corrected chi connectivity index (χ0v) is 16.0. The first-order valence-corrected chi connectivity index (χ1v) is 9.01. The van der Waals surface area contributed by atoms with E-state index in [1.54, 1.807) is 30.6 Å². The van der Waals surface area contributed by atoms with Gasteiger partial charge >= 0.3 is 0 Å². The van der Waals surface area contributed by atoms with Gasteiger partial charge in [0.1, 0.15) is 5.00 Å². The van der Waals surface area contributed by atoms with Crippen molar-refractivity contribution in [2.45, 2.75) is 0 Å². The molecule has 0 spiro atoms. The highest BCUT2D eigenvalue weighted by atomic mass is 35.5. The van der Waals surface area contributed by atoms with Crippen molar-refractivity contribution in [1.29, 1.82) is 0 Å². The number of likely N-dealkylation sites (N-methyl/N-ethyl adjacent to an activating group) is 1. The van der Waals surface area contributed by atoms with Crippen molar-refractivity contribution in [2.24, 2.45) is 5.73 Å². The van der Waals surface area contributed by atoms with Crippen molar-refractivity contribution in [2.75, 3.05) is 30.8 Å². The monoisotopic (exact) mass is 414 g/mol. The van der Waals surface area contributed by atoms with E-state index in [2.05, 4.69) is 10.6 Å². The van der Waals surface area contributed by atoms with Crippen LogP contribution in [0, 0.1) is 0 Å². The number of carbonyl (C=O) groups excluding carboxylic acids is 3. The largest absolute Gasteiger partial charge is 0.366 e. The molecule has 10 heteroatoms. The number of hydrogen-bond donors (Lipinski definition) is 3. The quantitative estimate of drug-likeness (QED) is 0.647. The Balaban J connectivity index is 1.88. The van der Waals surface area contributed by atoms with Crippen molar-refractivity contribution >= 4 is 62.9 Å². The smallest absolute Gasteiger partial charge is 0.251 e. The van der Waals surface area contributed by atoms with E-state index < -0.39 is 5.91 Å². The number of benzene rings is 1. The maximum atomic E-state index is 12.1. The zero-order chi connectivity index (χ0) is 19.3. The van der Waals surface area contributed by atoms with Crippen LogP contribution in [0.1, 0.15) is 10.4 Å². The molecule has 0 atom stereocenters. The fraction of sp³-hybridized carbons (Fsp3) is 0.188. The highest BCUT2D eigenvalue weighted by molar-refractivity contribution is 7.14. The normalized spacial score (nSPS) is 10.6. The molecule has 138 valence electrons. The fourth-order valence-electron chi connectivity index (χ4n) is 2.11. The Bertz CT molecular complexity index is 820. The number of hydrogen-bond acceptors (Lipinski definition) is 5. The molecule has 7 nitrogen and oxygen atoms in total. The number of thiophene rings is 1. The van der Waals surface area contributed by atoms with E-state index in [0.29, 0.717) is 20.7 Å². The second-order valence-corrected chi connectivity index (χ2v) is 7.12. The first-order valence-electron chi connectivity index (χ1n) is 7.37. The third kappa shape index (κ3) is 5.43. The lowest BCUT2D eigenvalue weighted by Gasteiger charge is -2.16. The van der Waals surface area contributed by atoms with Gasteiger partial charge in [0, 0.05) is 0 Å². The standard InChI is InChI=1S/C16H16Cl2N4O3S/c1-22(7-12(23)20-14-10(17)3-2-4-11(14)18)8-13(24)21-16-9(15(19)25)5-6-26-16/h2-6H,7-8H2,1H3,(H2,19,25)(H,20,23)(H,21,24). The van der Waals surface area contributed by atoms with Gasteiger partial charge in [0.15, 0.2) is 0 Å². The molecule has 26 heavy (non-hydrogen) atoms. The van der Waals surface area contributed by atoms with Crippen molar-refractivity contribution in [1.82, 2.24) is 4.90 Å². The van der Waals surface area contributed by atoms with Gasteiger partial charge in [-0.15, -0.1) is 11.3 Å². The number of para-hydroxylation sites is 1. The zero-order valence-electron chi connectivity index (χ0n) is 13.7. The summed E-state index contributed by atoms with van der Waals surface area (Å²) in [5.74, 6) is -1.36. The Morgan fingerprint density at radius 3 is 2.23 bits per heavy atom. The third-order valence-electron chi connectivity index (χ3n) is 3.24. The van der Waals surface area contributed by atoms with E-state index in [-0.39, 0.29) is 30.5 Å². The molecule has 0 aliphatic heterocycles. The number of nitrogens with zero attached hydrogens (tertiary/aromatic N) is 1. The summed E-state index contributed by atoms with van der Waals surface area (Å²) < 4.78 is 0. The molecule has 0 radical (unpaired) electrons. The van der Waals surface area contributed by atoms with Gasteiger partial charge in [-0.3, -0.25) is 19.3 Å². The highest BCUT2D eigenvalue weighted by Crippen LogP contribution is 2.29. The average Bonchev–Trinajstić information content (AvgIpc) is 2.99. The molecule has 2 aromatic rings. The molecule has 0 saturated carbocycles. The van der Waals surface area contributed by atoms with Crippen molar-refractivity contribution in [3.05, 3.63) is 45.3 Å². The number of carbonyl (C=O) groups is 3. The van der Waals surface area contributed by atoms with Crippen LogP contribution in [0.25, 0.3) is 0 Å². The lowest BCUT2D eigenvalue weighted by Crippen LogP contribution is -2.36. The van der Waals surface area contributed by atoms with Crippen LogP contribution in [0.5, 0.6) is 0 Å². The Morgan fingerprint density at radius 1 is 1.08 bits per heavy atom. The maximum Gasteiger partial charge on any atom is 0.251 e. The molecule has 3 amide bonds. The van der Waals surface area contributed by atoms with Crippen LogP contribution < -0.4 is 16.4 Å². The Morgan fingerprint density at radius 2 is 1.65 bits per heavy atom. The second-order valence-electron chi connectivity index (χ2n) is 5.39. The van der Waals surface area contributed by atoms with Gasteiger partial charge < -0.3 is 16.4 Å². The molecule has 1 heterocycles. The van der Waals surface area contributed by atoms with Gasteiger partial charge in [0.25, 0.3) is 5.91 Å². The van der Waals surface area contributed by atoms with Gasteiger partial charge in [0.05, 0.1) is 34.4 Å². The van der Waals surface area contributed by atoms with E-state index >= 15 is 0 Å². The molecule has 4 N–H and O–H groups in total. The van der Waals surface area contributed by atoms with E-state index in [1.165, 1.54) is 22.3 Å². The van der Waals surface area contributed by atoms with Gasteiger partial charge in [-0.25, -0.2) is 0 Å². The first kappa shape index (κ1) is 20.2. The minimum absolute atomic E-state index is 0.0535. The van der Waals surface area contributed by atoms with E-state index in [1.807, 2.05) is 0 Å². The summed E-state index contributed by atoms with van der Waals surface area (Å²) in [4.78, 5) is 36.9. The number of primary amides is 1. The number of anilines is 2. The minimum atomic E-state index is -0.620. The van der Waals surface area contributed by atoms with Gasteiger partial charge in [-0.2, -0.15) is 0 Å².